The van der Waals surface area contributed by atoms with Crippen LogP contribution in [0.15, 0.2) is 24.4 Å². The molecule has 2 rings (SSSR count). The molecule has 4 nitrogen and oxygen atoms in total. The van der Waals surface area contributed by atoms with Gasteiger partial charge in [-0.25, -0.2) is 9.37 Å². The quantitative estimate of drug-likeness (QED) is 0.553. The fourth-order valence-corrected chi connectivity index (χ4v) is 2.03. The number of rotatable bonds is 6. The first kappa shape index (κ1) is 13.5. The van der Waals surface area contributed by atoms with Crippen LogP contribution in [0.25, 0.3) is 10.8 Å². The average molecular weight is 263 g/mol. The Balaban J connectivity index is 2.17. The summed E-state index contributed by atoms with van der Waals surface area (Å²) in [7, 11) is 0. The number of nitrogens with one attached hydrogen (secondary N) is 1. The molecule has 0 radical (unpaired) electrons. The molecular formula is C14H18FN3O. The second kappa shape index (κ2) is 6.33. The Labute approximate surface area is 111 Å². The fraction of sp³-hybridized carbons (Fsp3) is 0.357. The summed E-state index contributed by atoms with van der Waals surface area (Å²) in [6, 6.07) is 4.63. The molecule has 1 aromatic carbocycles. The number of hydrogen-bond donors (Lipinski definition) is 3. The zero-order valence-electron chi connectivity index (χ0n) is 10.7. The van der Waals surface area contributed by atoms with Crippen LogP contribution in [0, 0.1) is 5.82 Å². The number of halogens is 1. The molecule has 2 aromatic rings. The molecule has 0 saturated carbocycles. The normalized spacial score (nSPS) is 10.8. The molecule has 0 atom stereocenters. The van der Waals surface area contributed by atoms with Crippen molar-refractivity contribution in [2.75, 3.05) is 24.2 Å². The summed E-state index contributed by atoms with van der Waals surface area (Å²) >= 11 is 0. The minimum absolute atomic E-state index is 0.206. The van der Waals surface area contributed by atoms with Crippen molar-refractivity contribution in [3.05, 3.63) is 30.2 Å². The van der Waals surface area contributed by atoms with Gasteiger partial charge >= 0.3 is 0 Å². The van der Waals surface area contributed by atoms with Crippen LogP contribution in [0.1, 0.15) is 19.3 Å². The standard InChI is InChI=1S/C14H18FN3O/c15-11-4-5-12(16)10-6-8-18-14(13(10)11)17-7-2-1-3-9-19/h4-6,8,19H,1-3,7,9,16H2,(H,17,18). The van der Waals surface area contributed by atoms with E-state index < -0.39 is 0 Å². The van der Waals surface area contributed by atoms with Crippen LogP contribution < -0.4 is 11.1 Å². The molecule has 0 fully saturated rings. The van der Waals surface area contributed by atoms with Crippen molar-refractivity contribution >= 4 is 22.3 Å². The van der Waals surface area contributed by atoms with Crippen molar-refractivity contribution in [3.63, 3.8) is 0 Å². The fourth-order valence-electron chi connectivity index (χ4n) is 2.03. The monoisotopic (exact) mass is 263 g/mol. The van der Waals surface area contributed by atoms with E-state index >= 15 is 0 Å². The molecule has 0 aliphatic heterocycles. The number of unbranched alkanes of at least 4 members (excludes halogenated alkanes) is 2. The smallest absolute Gasteiger partial charge is 0.136 e. The minimum Gasteiger partial charge on any atom is -0.398 e. The highest BCUT2D eigenvalue weighted by Crippen LogP contribution is 2.28. The van der Waals surface area contributed by atoms with Crippen LogP contribution in [-0.4, -0.2) is 23.2 Å². The summed E-state index contributed by atoms with van der Waals surface area (Å²) in [6.45, 7) is 0.901. The SMILES string of the molecule is Nc1ccc(F)c2c(NCCCCCO)nccc12. The maximum atomic E-state index is 13.9. The third-order valence-electron chi connectivity index (χ3n) is 3.04. The lowest BCUT2D eigenvalue weighted by Crippen LogP contribution is -2.05. The molecule has 102 valence electrons. The van der Waals surface area contributed by atoms with Gasteiger partial charge in [-0.1, -0.05) is 0 Å². The molecule has 0 unspecified atom stereocenters. The molecule has 4 N–H and O–H groups in total. The third kappa shape index (κ3) is 3.12. The van der Waals surface area contributed by atoms with Gasteiger partial charge in [-0.2, -0.15) is 0 Å². The van der Waals surface area contributed by atoms with Crippen LogP contribution in [-0.2, 0) is 0 Å². The number of fused-ring (bicyclic) bond motifs is 1. The van der Waals surface area contributed by atoms with Crippen LogP contribution in [0.5, 0.6) is 0 Å². The molecule has 1 heterocycles. The van der Waals surface area contributed by atoms with Gasteiger partial charge in [-0.3, -0.25) is 0 Å². The molecule has 0 aliphatic rings. The highest BCUT2D eigenvalue weighted by Gasteiger charge is 2.09. The Morgan fingerprint density at radius 3 is 2.84 bits per heavy atom. The lowest BCUT2D eigenvalue weighted by molar-refractivity contribution is 0.283. The molecule has 0 saturated heterocycles. The number of anilines is 2. The number of aromatic nitrogens is 1. The Morgan fingerprint density at radius 2 is 2.05 bits per heavy atom. The third-order valence-corrected chi connectivity index (χ3v) is 3.04. The number of pyridine rings is 1. The number of nitrogen functional groups attached to an aromatic ring is 1. The van der Waals surface area contributed by atoms with Gasteiger partial charge in [0.1, 0.15) is 11.6 Å². The van der Waals surface area contributed by atoms with Gasteiger partial charge in [0.25, 0.3) is 0 Å². The number of nitrogens with two attached hydrogens (primary N) is 1. The van der Waals surface area contributed by atoms with E-state index in [1.807, 2.05) is 0 Å². The van der Waals surface area contributed by atoms with Crippen molar-refractivity contribution < 1.29 is 9.50 Å². The topological polar surface area (TPSA) is 71.2 Å². The maximum Gasteiger partial charge on any atom is 0.136 e. The summed E-state index contributed by atoms with van der Waals surface area (Å²) in [6.07, 6.45) is 4.24. The van der Waals surface area contributed by atoms with E-state index in [9.17, 15) is 4.39 Å². The Kier molecular flexibility index (Phi) is 4.52. The van der Waals surface area contributed by atoms with E-state index in [1.165, 1.54) is 6.07 Å². The van der Waals surface area contributed by atoms with Crippen molar-refractivity contribution in [1.29, 1.82) is 0 Å². The predicted octanol–water partition coefficient (Wildman–Crippen LogP) is 2.53. The van der Waals surface area contributed by atoms with Gasteiger partial charge < -0.3 is 16.2 Å². The van der Waals surface area contributed by atoms with E-state index in [0.29, 0.717) is 28.8 Å². The van der Waals surface area contributed by atoms with E-state index in [0.717, 1.165) is 19.3 Å². The molecule has 1 aromatic heterocycles. The lowest BCUT2D eigenvalue weighted by atomic mass is 10.1. The van der Waals surface area contributed by atoms with Gasteiger partial charge in [0, 0.05) is 30.4 Å². The first-order chi connectivity index (χ1) is 9.24. The number of aliphatic hydroxyl groups excluding tert-OH is 1. The lowest BCUT2D eigenvalue weighted by Gasteiger charge is -2.10. The van der Waals surface area contributed by atoms with Crippen LogP contribution >= 0.6 is 0 Å². The number of benzene rings is 1. The Morgan fingerprint density at radius 1 is 1.21 bits per heavy atom. The Hall–Kier alpha value is -1.88. The maximum absolute atomic E-state index is 13.9. The van der Waals surface area contributed by atoms with Crippen molar-refractivity contribution in [2.45, 2.75) is 19.3 Å². The predicted molar refractivity (Wildman–Crippen MR) is 75.5 cm³/mol. The van der Waals surface area contributed by atoms with Gasteiger partial charge in [-0.05, 0) is 37.5 Å². The molecule has 5 heteroatoms. The summed E-state index contributed by atoms with van der Waals surface area (Å²) in [5.74, 6) is 0.196. The zero-order valence-corrected chi connectivity index (χ0v) is 10.7. The van der Waals surface area contributed by atoms with Gasteiger partial charge in [0.05, 0.1) is 5.39 Å². The molecular weight excluding hydrogens is 245 g/mol. The van der Waals surface area contributed by atoms with Crippen LogP contribution in [0.3, 0.4) is 0 Å². The number of hydrogen-bond acceptors (Lipinski definition) is 4. The highest BCUT2D eigenvalue weighted by molar-refractivity contribution is 5.99. The van der Waals surface area contributed by atoms with E-state index in [4.69, 9.17) is 10.8 Å². The number of aliphatic hydroxyl groups is 1. The van der Waals surface area contributed by atoms with Gasteiger partial charge in [-0.15, -0.1) is 0 Å². The van der Waals surface area contributed by atoms with Gasteiger partial charge in [0.2, 0.25) is 0 Å². The van der Waals surface area contributed by atoms with E-state index in [2.05, 4.69) is 10.3 Å². The average Bonchev–Trinajstić information content (AvgIpc) is 2.43. The summed E-state index contributed by atoms with van der Waals surface area (Å²) < 4.78 is 13.9. The molecule has 0 aliphatic carbocycles. The van der Waals surface area contributed by atoms with Crippen LogP contribution in [0.2, 0.25) is 0 Å². The van der Waals surface area contributed by atoms with Crippen molar-refractivity contribution in [2.24, 2.45) is 0 Å². The Bertz CT molecular complexity index is 560. The first-order valence-electron chi connectivity index (χ1n) is 6.41. The van der Waals surface area contributed by atoms with Crippen LogP contribution in [0.4, 0.5) is 15.9 Å². The second-order valence-corrected chi connectivity index (χ2v) is 4.43. The zero-order chi connectivity index (χ0) is 13.7. The highest BCUT2D eigenvalue weighted by atomic mass is 19.1. The minimum atomic E-state index is -0.324. The summed E-state index contributed by atoms with van der Waals surface area (Å²) in [4.78, 5) is 4.17. The van der Waals surface area contributed by atoms with E-state index in [1.54, 1.807) is 18.3 Å². The van der Waals surface area contributed by atoms with Crippen molar-refractivity contribution in [3.8, 4) is 0 Å². The first-order valence-corrected chi connectivity index (χ1v) is 6.41. The molecule has 0 bridgehead atoms. The largest absolute Gasteiger partial charge is 0.398 e. The summed E-state index contributed by atoms with van der Waals surface area (Å²) in [5.41, 5.74) is 6.38. The van der Waals surface area contributed by atoms with Crippen molar-refractivity contribution in [1.82, 2.24) is 4.98 Å². The molecule has 0 spiro atoms. The molecule has 0 amide bonds. The number of nitrogens with zero attached hydrogens (tertiary/aromatic N) is 1. The van der Waals surface area contributed by atoms with E-state index in [-0.39, 0.29) is 12.4 Å². The molecule has 19 heavy (non-hydrogen) atoms. The summed E-state index contributed by atoms with van der Waals surface area (Å²) in [5, 5.41) is 12.9. The van der Waals surface area contributed by atoms with Gasteiger partial charge in [0.15, 0.2) is 0 Å². The second-order valence-electron chi connectivity index (χ2n) is 4.43.